The van der Waals surface area contributed by atoms with Crippen molar-refractivity contribution >= 4 is 11.7 Å². The highest BCUT2D eigenvalue weighted by Crippen LogP contribution is 2.21. The van der Waals surface area contributed by atoms with Crippen LogP contribution in [-0.4, -0.2) is 22.2 Å². The minimum Gasteiger partial charge on any atom is -0.480 e. The number of carbonyl (C=O) groups is 1. The van der Waals surface area contributed by atoms with E-state index in [2.05, 4.69) is 0 Å². The molecule has 0 spiro atoms. The second-order valence-corrected chi connectivity index (χ2v) is 2.94. The van der Waals surface area contributed by atoms with Gasteiger partial charge in [-0.1, -0.05) is 18.2 Å². The normalized spacial score (nSPS) is 14.7. The number of para-hydroxylation sites is 1. The summed E-state index contributed by atoms with van der Waals surface area (Å²) in [7, 11) is 0. The molecule has 0 heterocycles. The van der Waals surface area contributed by atoms with Crippen molar-refractivity contribution in [1.29, 1.82) is 0 Å². The van der Waals surface area contributed by atoms with Crippen molar-refractivity contribution in [3.63, 3.8) is 0 Å². The Labute approximate surface area is 81.0 Å². The highest BCUT2D eigenvalue weighted by Gasteiger charge is 2.24. The van der Waals surface area contributed by atoms with Gasteiger partial charge in [0.2, 0.25) is 0 Å². The number of anilines is 1. The van der Waals surface area contributed by atoms with Gasteiger partial charge in [-0.2, -0.15) is 0 Å². The molecule has 76 valence electrons. The van der Waals surface area contributed by atoms with Gasteiger partial charge in [-0.15, -0.1) is 0 Å². The Morgan fingerprint density at radius 3 is 2.43 bits per heavy atom. The summed E-state index contributed by atoms with van der Waals surface area (Å²) in [5.41, 5.74) is 11.5. The molecular formula is C9H12N2O3. The summed E-state index contributed by atoms with van der Waals surface area (Å²) in [5, 5.41) is 18.1. The Balaban J connectivity index is 2.94. The number of aliphatic carboxylic acids is 1. The van der Waals surface area contributed by atoms with Gasteiger partial charge in [0.25, 0.3) is 0 Å². The minimum atomic E-state index is -1.36. The Morgan fingerprint density at radius 2 is 1.93 bits per heavy atom. The molecule has 6 N–H and O–H groups in total. The summed E-state index contributed by atoms with van der Waals surface area (Å²) in [6.45, 7) is 0. The van der Waals surface area contributed by atoms with Crippen LogP contribution in [0.1, 0.15) is 11.7 Å². The van der Waals surface area contributed by atoms with Gasteiger partial charge in [-0.25, -0.2) is 0 Å². The molecule has 1 aromatic carbocycles. The lowest BCUT2D eigenvalue weighted by Gasteiger charge is -2.16. The van der Waals surface area contributed by atoms with Crippen LogP contribution in [0.25, 0.3) is 0 Å². The average Bonchev–Trinajstić information content (AvgIpc) is 2.16. The van der Waals surface area contributed by atoms with Crippen molar-refractivity contribution in [3.8, 4) is 0 Å². The molecule has 0 aliphatic carbocycles. The number of hydrogen-bond donors (Lipinski definition) is 4. The van der Waals surface area contributed by atoms with Gasteiger partial charge in [0.15, 0.2) is 0 Å². The topological polar surface area (TPSA) is 110 Å². The SMILES string of the molecule is Nc1ccccc1[C@H](O)[C@H](N)C(=O)O. The second kappa shape index (κ2) is 4.08. The van der Waals surface area contributed by atoms with Gasteiger partial charge in [0.05, 0.1) is 0 Å². The molecule has 2 atom stereocenters. The van der Waals surface area contributed by atoms with Crippen LogP contribution < -0.4 is 11.5 Å². The first-order valence-corrected chi connectivity index (χ1v) is 4.05. The lowest BCUT2D eigenvalue weighted by Crippen LogP contribution is -2.36. The molecular weight excluding hydrogens is 184 g/mol. The number of hydrogen-bond acceptors (Lipinski definition) is 4. The summed E-state index contributed by atoms with van der Waals surface area (Å²) in [4.78, 5) is 10.5. The predicted molar refractivity (Wildman–Crippen MR) is 51.4 cm³/mol. The number of aliphatic hydroxyl groups is 1. The molecule has 1 rings (SSSR count). The van der Waals surface area contributed by atoms with Crippen LogP contribution >= 0.6 is 0 Å². The lowest BCUT2D eigenvalue weighted by atomic mass is 10.0. The second-order valence-electron chi connectivity index (χ2n) is 2.94. The lowest BCUT2D eigenvalue weighted by molar-refractivity contribution is -0.141. The summed E-state index contributed by atoms with van der Waals surface area (Å²) in [5.74, 6) is -1.26. The van der Waals surface area contributed by atoms with Crippen molar-refractivity contribution in [1.82, 2.24) is 0 Å². The van der Waals surface area contributed by atoms with Crippen LogP contribution in [0.5, 0.6) is 0 Å². The quantitative estimate of drug-likeness (QED) is 0.497. The Kier molecular flexibility index (Phi) is 3.06. The van der Waals surface area contributed by atoms with E-state index in [4.69, 9.17) is 16.6 Å². The van der Waals surface area contributed by atoms with Gasteiger partial charge >= 0.3 is 5.97 Å². The van der Waals surface area contributed by atoms with Gasteiger partial charge in [0.1, 0.15) is 12.1 Å². The third-order valence-corrected chi connectivity index (χ3v) is 1.94. The van der Waals surface area contributed by atoms with Gasteiger partial charge in [0, 0.05) is 11.3 Å². The Hall–Kier alpha value is -1.59. The van der Waals surface area contributed by atoms with Crippen molar-refractivity contribution in [3.05, 3.63) is 29.8 Å². The van der Waals surface area contributed by atoms with Crippen LogP contribution in [0.15, 0.2) is 24.3 Å². The summed E-state index contributed by atoms with van der Waals surface area (Å²) in [6.07, 6.45) is -1.28. The maximum absolute atomic E-state index is 10.5. The smallest absolute Gasteiger partial charge is 0.323 e. The number of carboxylic acid groups (broad SMARTS) is 1. The van der Waals surface area contributed by atoms with Crippen molar-refractivity contribution in [2.75, 3.05) is 5.73 Å². The highest BCUT2D eigenvalue weighted by molar-refractivity contribution is 5.74. The molecule has 0 aliphatic rings. The number of nitrogen functional groups attached to an aromatic ring is 1. The number of rotatable bonds is 3. The fourth-order valence-corrected chi connectivity index (χ4v) is 1.11. The summed E-state index contributed by atoms with van der Waals surface area (Å²) < 4.78 is 0. The minimum absolute atomic E-state index is 0.330. The van der Waals surface area contributed by atoms with E-state index >= 15 is 0 Å². The van der Waals surface area contributed by atoms with Gasteiger partial charge in [-0.05, 0) is 6.07 Å². The molecule has 0 saturated heterocycles. The summed E-state index contributed by atoms with van der Waals surface area (Å²) in [6, 6.07) is 5.11. The maximum atomic E-state index is 10.5. The predicted octanol–water partition coefficient (Wildman–Crippen LogP) is -0.286. The van der Waals surface area contributed by atoms with E-state index < -0.39 is 18.1 Å². The molecule has 0 unspecified atom stereocenters. The van der Waals surface area contributed by atoms with Gasteiger partial charge in [-0.3, -0.25) is 4.79 Å². The molecule has 0 amide bonds. The zero-order valence-electron chi connectivity index (χ0n) is 7.42. The van der Waals surface area contributed by atoms with Crippen molar-refractivity contribution in [2.24, 2.45) is 5.73 Å². The first-order valence-electron chi connectivity index (χ1n) is 4.05. The maximum Gasteiger partial charge on any atom is 0.323 e. The molecule has 1 aromatic rings. The van der Waals surface area contributed by atoms with E-state index in [-0.39, 0.29) is 0 Å². The fraction of sp³-hybridized carbons (Fsp3) is 0.222. The average molecular weight is 196 g/mol. The number of benzene rings is 1. The summed E-state index contributed by atoms with van der Waals surface area (Å²) >= 11 is 0. The Bertz CT molecular complexity index is 341. The van der Waals surface area contributed by atoms with Crippen LogP contribution in [-0.2, 0) is 4.79 Å². The van der Waals surface area contributed by atoms with Crippen molar-refractivity contribution in [2.45, 2.75) is 12.1 Å². The fourth-order valence-electron chi connectivity index (χ4n) is 1.11. The third-order valence-electron chi connectivity index (χ3n) is 1.94. The van der Waals surface area contributed by atoms with E-state index in [0.29, 0.717) is 11.3 Å². The van der Waals surface area contributed by atoms with Crippen LogP contribution in [0.4, 0.5) is 5.69 Å². The molecule has 5 heteroatoms. The molecule has 5 nitrogen and oxygen atoms in total. The molecule has 0 fully saturated rings. The third kappa shape index (κ3) is 2.01. The van der Waals surface area contributed by atoms with Crippen LogP contribution in [0.3, 0.4) is 0 Å². The molecule has 14 heavy (non-hydrogen) atoms. The number of aliphatic hydroxyl groups excluding tert-OH is 1. The van der Waals surface area contributed by atoms with E-state index in [1.54, 1.807) is 24.3 Å². The van der Waals surface area contributed by atoms with Crippen LogP contribution in [0.2, 0.25) is 0 Å². The molecule has 0 bridgehead atoms. The number of carboxylic acids is 1. The monoisotopic (exact) mass is 196 g/mol. The molecule has 0 radical (unpaired) electrons. The zero-order valence-corrected chi connectivity index (χ0v) is 7.42. The van der Waals surface area contributed by atoms with E-state index in [1.807, 2.05) is 0 Å². The van der Waals surface area contributed by atoms with Crippen molar-refractivity contribution < 1.29 is 15.0 Å². The Morgan fingerprint density at radius 1 is 1.36 bits per heavy atom. The highest BCUT2D eigenvalue weighted by atomic mass is 16.4. The largest absolute Gasteiger partial charge is 0.480 e. The zero-order chi connectivity index (χ0) is 10.7. The van der Waals surface area contributed by atoms with Crippen LogP contribution in [0, 0.1) is 0 Å². The molecule has 0 aliphatic heterocycles. The van der Waals surface area contributed by atoms with Gasteiger partial charge < -0.3 is 21.7 Å². The molecule has 0 saturated carbocycles. The standard InChI is InChI=1S/C9H12N2O3/c10-6-4-2-1-3-5(6)8(12)7(11)9(13)14/h1-4,7-8,12H,10-11H2,(H,13,14)/t7-,8-/m0/s1. The first-order chi connectivity index (χ1) is 6.54. The van der Waals surface area contributed by atoms with E-state index in [0.717, 1.165) is 0 Å². The molecule has 0 aromatic heterocycles. The van der Waals surface area contributed by atoms with E-state index in [9.17, 15) is 9.90 Å². The number of nitrogens with two attached hydrogens (primary N) is 2. The first kappa shape index (κ1) is 10.5. The van der Waals surface area contributed by atoms with E-state index in [1.165, 1.54) is 0 Å².